The first-order valence-electron chi connectivity index (χ1n) is 4.48. The van der Waals surface area contributed by atoms with Gasteiger partial charge in [-0.3, -0.25) is 0 Å². The molecule has 0 unspecified atom stereocenters. The van der Waals surface area contributed by atoms with Crippen LogP contribution in [-0.2, 0) is 7.05 Å². The van der Waals surface area contributed by atoms with E-state index >= 15 is 0 Å². The molecule has 0 atom stereocenters. The summed E-state index contributed by atoms with van der Waals surface area (Å²) in [6, 6.07) is 10.2. The summed E-state index contributed by atoms with van der Waals surface area (Å²) < 4.78 is 2.05. The molecule has 0 N–H and O–H groups in total. The average molecular weight is 204 g/mol. The summed E-state index contributed by atoms with van der Waals surface area (Å²) in [5.74, 6) is 0.980. The van der Waals surface area contributed by atoms with Crippen LogP contribution in [0, 0.1) is 6.92 Å². The fourth-order valence-electron chi connectivity index (χ4n) is 1.51. The molecule has 14 heavy (non-hydrogen) atoms. The van der Waals surface area contributed by atoms with Gasteiger partial charge in [-0.1, -0.05) is 30.3 Å². The molecule has 0 radical (unpaired) electrons. The number of benzene rings is 1. The summed E-state index contributed by atoms with van der Waals surface area (Å²) in [5.41, 5.74) is 2.23. The van der Waals surface area contributed by atoms with Crippen LogP contribution in [0.4, 0.5) is 0 Å². The average Bonchev–Trinajstić information content (AvgIpc) is 2.43. The zero-order valence-corrected chi connectivity index (χ0v) is 9.12. The molecule has 2 aromatic rings. The van der Waals surface area contributed by atoms with E-state index < -0.39 is 0 Å². The van der Waals surface area contributed by atoms with Crippen LogP contribution in [0.25, 0.3) is 11.3 Å². The smallest absolute Gasteiger partial charge is 0.119 e. The summed E-state index contributed by atoms with van der Waals surface area (Å²) >= 11 is 4.37. The van der Waals surface area contributed by atoms with Crippen molar-refractivity contribution in [1.82, 2.24) is 9.55 Å². The Labute approximate surface area is 89.0 Å². The van der Waals surface area contributed by atoms with Gasteiger partial charge in [0, 0.05) is 12.6 Å². The van der Waals surface area contributed by atoms with E-state index in [4.69, 9.17) is 0 Å². The number of thiol groups is 1. The Morgan fingerprint density at radius 1 is 1.21 bits per heavy atom. The van der Waals surface area contributed by atoms with Gasteiger partial charge in [-0.25, -0.2) is 4.98 Å². The molecular formula is C11H12N2S. The quantitative estimate of drug-likeness (QED) is 0.707. The van der Waals surface area contributed by atoms with Crippen molar-refractivity contribution in [2.24, 2.45) is 7.05 Å². The van der Waals surface area contributed by atoms with E-state index in [1.165, 1.54) is 0 Å². The predicted octanol–water partition coefficient (Wildman–Crippen LogP) is 2.68. The molecule has 0 spiro atoms. The third kappa shape index (κ3) is 1.44. The highest BCUT2D eigenvalue weighted by molar-refractivity contribution is 7.80. The van der Waals surface area contributed by atoms with E-state index in [1.807, 2.05) is 32.2 Å². The molecule has 0 saturated carbocycles. The molecule has 2 rings (SSSR count). The lowest BCUT2D eigenvalue weighted by atomic mass is 10.2. The summed E-state index contributed by atoms with van der Waals surface area (Å²) in [6.07, 6.45) is 0. The van der Waals surface area contributed by atoms with Crippen molar-refractivity contribution in [3.8, 4) is 11.3 Å². The largest absolute Gasteiger partial charge is 0.330 e. The lowest BCUT2D eigenvalue weighted by molar-refractivity contribution is 0.865. The monoisotopic (exact) mass is 204 g/mol. The van der Waals surface area contributed by atoms with Crippen molar-refractivity contribution in [3.05, 3.63) is 36.2 Å². The number of nitrogens with zero attached hydrogens (tertiary/aromatic N) is 2. The van der Waals surface area contributed by atoms with Crippen molar-refractivity contribution in [3.63, 3.8) is 0 Å². The fraction of sp³-hybridized carbons (Fsp3) is 0.182. The van der Waals surface area contributed by atoms with Gasteiger partial charge < -0.3 is 4.57 Å². The predicted molar refractivity (Wildman–Crippen MR) is 60.6 cm³/mol. The van der Waals surface area contributed by atoms with E-state index in [9.17, 15) is 0 Å². The van der Waals surface area contributed by atoms with Crippen molar-refractivity contribution in [1.29, 1.82) is 0 Å². The van der Waals surface area contributed by atoms with E-state index in [0.717, 1.165) is 22.1 Å². The van der Waals surface area contributed by atoms with Gasteiger partial charge in [0.2, 0.25) is 0 Å². The van der Waals surface area contributed by atoms with Crippen LogP contribution >= 0.6 is 12.6 Å². The maximum atomic E-state index is 4.37. The molecule has 1 heterocycles. The van der Waals surface area contributed by atoms with Crippen LogP contribution in [0.3, 0.4) is 0 Å². The molecule has 0 amide bonds. The van der Waals surface area contributed by atoms with Gasteiger partial charge >= 0.3 is 0 Å². The van der Waals surface area contributed by atoms with Gasteiger partial charge in [0.15, 0.2) is 0 Å². The van der Waals surface area contributed by atoms with Crippen LogP contribution in [0.5, 0.6) is 0 Å². The zero-order chi connectivity index (χ0) is 10.1. The van der Waals surface area contributed by atoms with Crippen LogP contribution < -0.4 is 0 Å². The fourth-order valence-corrected chi connectivity index (χ4v) is 1.94. The van der Waals surface area contributed by atoms with Gasteiger partial charge in [-0.05, 0) is 6.92 Å². The summed E-state index contributed by atoms with van der Waals surface area (Å²) in [7, 11) is 2.00. The number of hydrogen-bond donors (Lipinski definition) is 1. The Morgan fingerprint density at radius 3 is 2.36 bits per heavy atom. The van der Waals surface area contributed by atoms with Crippen LogP contribution in [0.15, 0.2) is 35.4 Å². The molecular weight excluding hydrogens is 192 g/mol. The molecule has 72 valence electrons. The van der Waals surface area contributed by atoms with Gasteiger partial charge in [-0.15, -0.1) is 12.6 Å². The first-order valence-corrected chi connectivity index (χ1v) is 4.92. The van der Waals surface area contributed by atoms with Gasteiger partial charge in [-0.2, -0.15) is 0 Å². The zero-order valence-electron chi connectivity index (χ0n) is 8.23. The summed E-state index contributed by atoms with van der Waals surface area (Å²) in [6.45, 7) is 1.98. The molecule has 3 heteroatoms. The number of imidazole rings is 1. The molecule has 1 aromatic carbocycles. The Hall–Kier alpha value is -1.22. The van der Waals surface area contributed by atoms with Crippen LogP contribution in [-0.4, -0.2) is 9.55 Å². The summed E-state index contributed by atoms with van der Waals surface area (Å²) in [5, 5.41) is 0.788. The Balaban J connectivity index is 2.62. The lowest BCUT2D eigenvalue weighted by Gasteiger charge is -2.03. The highest BCUT2D eigenvalue weighted by atomic mass is 32.1. The SMILES string of the molecule is Cc1nc(S)c(-c2ccccc2)n1C. The second kappa shape index (κ2) is 3.50. The number of aromatic nitrogens is 2. The third-order valence-electron chi connectivity index (χ3n) is 2.35. The normalized spacial score (nSPS) is 10.5. The molecule has 2 nitrogen and oxygen atoms in total. The van der Waals surface area contributed by atoms with Gasteiger partial charge in [0.25, 0.3) is 0 Å². The molecule has 0 aliphatic heterocycles. The second-order valence-electron chi connectivity index (χ2n) is 3.26. The lowest BCUT2D eigenvalue weighted by Crippen LogP contribution is -1.94. The Bertz CT molecular complexity index is 446. The van der Waals surface area contributed by atoms with Crippen molar-refractivity contribution >= 4 is 12.6 Å². The molecule has 0 bridgehead atoms. The third-order valence-corrected chi connectivity index (χ3v) is 2.66. The molecule has 0 aliphatic carbocycles. The standard InChI is InChI=1S/C11H12N2S/c1-8-12-11(14)10(13(8)2)9-6-4-3-5-7-9/h3-7,14H,1-2H3. The minimum absolute atomic E-state index is 0.788. The minimum Gasteiger partial charge on any atom is -0.330 e. The number of aryl methyl sites for hydroxylation is 1. The van der Waals surface area contributed by atoms with Gasteiger partial charge in [0.05, 0.1) is 5.69 Å². The highest BCUT2D eigenvalue weighted by Crippen LogP contribution is 2.26. The van der Waals surface area contributed by atoms with E-state index in [-0.39, 0.29) is 0 Å². The summed E-state index contributed by atoms with van der Waals surface area (Å²) in [4.78, 5) is 4.31. The minimum atomic E-state index is 0.788. The maximum absolute atomic E-state index is 4.37. The maximum Gasteiger partial charge on any atom is 0.119 e. The van der Waals surface area contributed by atoms with Crippen LogP contribution in [0.1, 0.15) is 5.82 Å². The first kappa shape index (κ1) is 9.34. The van der Waals surface area contributed by atoms with E-state index in [1.54, 1.807) is 0 Å². The topological polar surface area (TPSA) is 17.8 Å². The van der Waals surface area contributed by atoms with Gasteiger partial charge in [0.1, 0.15) is 10.9 Å². The molecule has 0 saturated heterocycles. The Morgan fingerprint density at radius 2 is 1.86 bits per heavy atom. The molecule has 0 fully saturated rings. The Kier molecular flexibility index (Phi) is 2.33. The van der Waals surface area contributed by atoms with Crippen molar-refractivity contribution in [2.75, 3.05) is 0 Å². The highest BCUT2D eigenvalue weighted by Gasteiger charge is 2.10. The van der Waals surface area contributed by atoms with Crippen molar-refractivity contribution < 1.29 is 0 Å². The number of hydrogen-bond acceptors (Lipinski definition) is 2. The molecule has 1 aromatic heterocycles. The van der Waals surface area contributed by atoms with Crippen molar-refractivity contribution in [2.45, 2.75) is 11.9 Å². The molecule has 0 aliphatic rings. The van der Waals surface area contributed by atoms with Crippen LogP contribution in [0.2, 0.25) is 0 Å². The van der Waals surface area contributed by atoms with E-state index in [2.05, 4.69) is 34.3 Å². The number of rotatable bonds is 1. The van der Waals surface area contributed by atoms with E-state index in [0.29, 0.717) is 0 Å². The first-order chi connectivity index (χ1) is 6.70. The second-order valence-corrected chi connectivity index (χ2v) is 3.68.